The number of hydrogen-bond donors (Lipinski definition) is 2. The van der Waals surface area contributed by atoms with Crippen LogP contribution < -0.4 is 10.1 Å². The molecule has 0 saturated carbocycles. The lowest BCUT2D eigenvalue weighted by Crippen LogP contribution is -2.35. The molecule has 2 N–H and O–H groups in total. The molecule has 5 heteroatoms. The normalized spacial score (nSPS) is 16.3. The molecule has 1 aliphatic carbocycles. The van der Waals surface area contributed by atoms with Crippen LogP contribution >= 0.6 is 0 Å². The Bertz CT molecular complexity index is 733. The minimum absolute atomic E-state index is 0.652. The molecule has 1 aliphatic rings. The van der Waals surface area contributed by atoms with Gasteiger partial charge in [-0.05, 0) is 55.0 Å². The summed E-state index contributed by atoms with van der Waals surface area (Å²) in [6.07, 6.45) is 3.87. The number of ether oxygens (including phenoxy) is 2. The van der Waals surface area contributed by atoms with Gasteiger partial charge < -0.3 is 19.9 Å². The van der Waals surface area contributed by atoms with E-state index < -0.39 is 12.1 Å². The molecule has 0 radical (unpaired) electrons. The molecule has 1 unspecified atom stereocenters. The molecular formula is C23H31NO4. The molecule has 28 heavy (non-hydrogen) atoms. The van der Waals surface area contributed by atoms with Gasteiger partial charge in [0.25, 0.3) is 0 Å². The molecular weight excluding hydrogens is 354 g/mol. The molecule has 0 aliphatic heterocycles. The van der Waals surface area contributed by atoms with E-state index in [4.69, 9.17) is 14.6 Å². The molecule has 152 valence electrons. The highest BCUT2D eigenvalue weighted by atomic mass is 16.5. The summed E-state index contributed by atoms with van der Waals surface area (Å²) in [5, 5.41) is 12.3. The van der Waals surface area contributed by atoms with Crippen LogP contribution in [0.15, 0.2) is 48.5 Å². The Morgan fingerprint density at radius 1 is 1.18 bits per heavy atom. The standard InChI is InChI=1S/C14H21NO.C9H10O3/c1-3-9-15-12-7-8-13-11(10-12)5-4-6-14(13)16-2;1-12-8(9(10)11)7-5-3-2-4-6-7/h4-6,12,15H,3,7-10H2,1-2H3;2-6,8H,1H3,(H,10,11)/t;8-/m.1/s1. The first-order chi connectivity index (χ1) is 13.6. The Morgan fingerprint density at radius 3 is 2.54 bits per heavy atom. The molecule has 2 aromatic carbocycles. The molecule has 2 aromatic rings. The first kappa shape index (κ1) is 21.9. The highest BCUT2D eigenvalue weighted by molar-refractivity contribution is 5.74. The van der Waals surface area contributed by atoms with E-state index in [1.54, 1.807) is 31.4 Å². The highest BCUT2D eigenvalue weighted by Gasteiger charge is 2.20. The second-order valence-corrected chi connectivity index (χ2v) is 6.86. The third-order valence-corrected chi connectivity index (χ3v) is 4.90. The summed E-state index contributed by atoms with van der Waals surface area (Å²) >= 11 is 0. The van der Waals surface area contributed by atoms with Crippen LogP contribution in [-0.4, -0.2) is 37.9 Å². The molecule has 0 bridgehead atoms. The van der Waals surface area contributed by atoms with E-state index in [0.29, 0.717) is 11.6 Å². The molecule has 0 spiro atoms. The van der Waals surface area contributed by atoms with E-state index in [0.717, 1.165) is 25.1 Å². The van der Waals surface area contributed by atoms with Gasteiger partial charge >= 0.3 is 5.97 Å². The SMILES string of the molecule is CCCNC1CCc2c(cccc2OC)C1.CO[C@@H](C(=O)O)c1ccccc1. The number of aliphatic carboxylic acids is 1. The third kappa shape index (κ3) is 6.08. The quantitative estimate of drug-likeness (QED) is 0.754. The van der Waals surface area contributed by atoms with Crippen LogP contribution in [0.2, 0.25) is 0 Å². The van der Waals surface area contributed by atoms with Crippen molar-refractivity contribution >= 4 is 5.97 Å². The van der Waals surface area contributed by atoms with Gasteiger partial charge in [-0.1, -0.05) is 49.4 Å². The van der Waals surface area contributed by atoms with Crippen molar-refractivity contribution in [1.82, 2.24) is 5.32 Å². The minimum Gasteiger partial charge on any atom is -0.496 e. The predicted octanol–water partition coefficient (Wildman–Crippen LogP) is 4.01. The maximum Gasteiger partial charge on any atom is 0.337 e. The number of benzene rings is 2. The maximum absolute atomic E-state index is 10.6. The van der Waals surface area contributed by atoms with E-state index in [2.05, 4.69) is 30.4 Å². The number of fused-ring (bicyclic) bond motifs is 1. The van der Waals surface area contributed by atoms with Crippen molar-refractivity contribution in [2.24, 2.45) is 0 Å². The van der Waals surface area contributed by atoms with Crippen LogP contribution in [0.3, 0.4) is 0 Å². The van der Waals surface area contributed by atoms with E-state index in [1.807, 2.05) is 6.07 Å². The number of methoxy groups -OCH3 is 2. The zero-order chi connectivity index (χ0) is 20.4. The van der Waals surface area contributed by atoms with Crippen LogP contribution in [-0.2, 0) is 22.4 Å². The number of nitrogens with one attached hydrogen (secondary N) is 1. The molecule has 0 heterocycles. The van der Waals surface area contributed by atoms with Crippen molar-refractivity contribution in [3.63, 3.8) is 0 Å². The smallest absolute Gasteiger partial charge is 0.337 e. The molecule has 0 aromatic heterocycles. The second-order valence-electron chi connectivity index (χ2n) is 6.86. The number of hydrogen-bond acceptors (Lipinski definition) is 4. The van der Waals surface area contributed by atoms with E-state index >= 15 is 0 Å². The zero-order valence-corrected chi connectivity index (χ0v) is 17.0. The average Bonchev–Trinajstić information content (AvgIpc) is 2.73. The summed E-state index contributed by atoms with van der Waals surface area (Å²) in [6.45, 7) is 3.34. The summed E-state index contributed by atoms with van der Waals surface area (Å²) in [5.74, 6) is 0.0927. The second kappa shape index (κ2) is 11.5. The van der Waals surface area contributed by atoms with Gasteiger partial charge in [0.1, 0.15) is 5.75 Å². The molecule has 2 atom stereocenters. The molecule has 5 nitrogen and oxygen atoms in total. The van der Waals surface area contributed by atoms with Crippen molar-refractivity contribution in [1.29, 1.82) is 0 Å². The van der Waals surface area contributed by atoms with Crippen LogP contribution in [0.25, 0.3) is 0 Å². The maximum atomic E-state index is 10.6. The largest absolute Gasteiger partial charge is 0.496 e. The van der Waals surface area contributed by atoms with E-state index in [9.17, 15) is 4.79 Å². The van der Waals surface area contributed by atoms with Crippen LogP contribution in [0.4, 0.5) is 0 Å². The van der Waals surface area contributed by atoms with Gasteiger partial charge in [-0.3, -0.25) is 0 Å². The lowest BCUT2D eigenvalue weighted by atomic mass is 9.87. The zero-order valence-electron chi connectivity index (χ0n) is 17.0. The number of carboxylic acids is 1. The summed E-state index contributed by atoms with van der Waals surface area (Å²) in [7, 11) is 3.14. The first-order valence-electron chi connectivity index (χ1n) is 9.79. The number of carbonyl (C=O) groups is 1. The van der Waals surface area contributed by atoms with Gasteiger partial charge in [-0.15, -0.1) is 0 Å². The molecule has 3 rings (SSSR count). The van der Waals surface area contributed by atoms with Crippen LogP contribution in [0.5, 0.6) is 5.75 Å². The van der Waals surface area contributed by atoms with Crippen molar-refractivity contribution in [2.75, 3.05) is 20.8 Å². The number of rotatable bonds is 7. The summed E-state index contributed by atoms with van der Waals surface area (Å²) in [6, 6.07) is 15.9. The number of carboxylic acid groups (broad SMARTS) is 1. The summed E-state index contributed by atoms with van der Waals surface area (Å²) < 4.78 is 10.2. The lowest BCUT2D eigenvalue weighted by molar-refractivity contribution is -0.148. The van der Waals surface area contributed by atoms with Gasteiger partial charge in [-0.25, -0.2) is 4.79 Å². The third-order valence-electron chi connectivity index (χ3n) is 4.90. The van der Waals surface area contributed by atoms with Crippen LogP contribution in [0, 0.1) is 0 Å². The minimum atomic E-state index is -0.969. The monoisotopic (exact) mass is 385 g/mol. The molecule has 0 saturated heterocycles. The lowest BCUT2D eigenvalue weighted by Gasteiger charge is -2.26. The Labute approximate surface area is 167 Å². The van der Waals surface area contributed by atoms with Gasteiger partial charge in [0.2, 0.25) is 0 Å². The van der Waals surface area contributed by atoms with Crippen LogP contribution in [0.1, 0.15) is 42.6 Å². The van der Waals surface area contributed by atoms with Crippen molar-refractivity contribution in [3.05, 3.63) is 65.2 Å². The Hall–Kier alpha value is -2.37. The van der Waals surface area contributed by atoms with Crippen molar-refractivity contribution < 1.29 is 19.4 Å². The highest BCUT2D eigenvalue weighted by Crippen LogP contribution is 2.29. The first-order valence-corrected chi connectivity index (χ1v) is 9.79. The summed E-state index contributed by atoms with van der Waals surface area (Å²) in [5.41, 5.74) is 3.53. The topological polar surface area (TPSA) is 67.8 Å². The van der Waals surface area contributed by atoms with Gasteiger partial charge in [0.05, 0.1) is 7.11 Å². The summed E-state index contributed by atoms with van der Waals surface area (Å²) in [4.78, 5) is 10.6. The fourth-order valence-corrected chi connectivity index (χ4v) is 3.49. The van der Waals surface area contributed by atoms with Gasteiger partial charge in [0, 0.05) is 13.2 Å². The Morgan fingerprint density at radius 2 is 1.93 bits per heavy atom. The van der Waals surface area contributed by atoms with E-state index in [-0.39, 0.29) is 0 Å². The fraction of sp³-hybridized carbons (Fsp3) is 0.435. The molecule has 0 amide bonds. The Balaban J connectivity index is 0.000000209. The van der Waals surface area contributed by atoms with Gasteiger partial charge in [-0.2, -0.15) is 0 Å². The van der Waals surface area contributed by atoms with Crippen molar-refractivity contribution in [3.8, 4) is 5.75 Å². The Kier molecular flexibility index (Phi) is 8.98. The fourth-order valence-electron chi connectivity index (χ4n) is 3.49. The van der Waals surface area contributed by atoms with Crippen molar-refractivity contribution in [2.45, 2.75) is 44.8 Å². The van der Waals surface area contributed by atoms with Gasteiger partial charge in [0.15, 0.2) is 6.10 Å². The average molecular weight is 386 g/mol. The van der Waals surface area contributed by atoms with E-state index in [1.165, 1.54) is 31.1 Å². The molecule has 0 fully saturated rings. The predicted molar refractivity (Wildman–Crippen MR) is 111 cm³/mol.